The standard InChI is InChI=1S/3C10H17N.C9H14FN.3C8H13N/c2*1-7(2)10-6-11(5)9(4)8(10)3;1-7(2)10-9(4)8(3)6-11(10)5;1-6(2)9-7(3)8(10)5-11(9)4;3*1-6-5-9(4)8(3)7(6)2/h3*6-7H,1-5H3;5-6H,1-4H3;3*5H,1-4H3. The van der Waals surface area contributed by atoms with Crippen LogP contribution in [-0.2, 0) is 49.3 Å². The summed E-state index contributed by atoms with van der Waals surface area (Å²) in [4.78, 5) is 0. The topological polar surface area (TPSA) is 34.5 Å². The van der Waals surface area contributed by atoms with Crippen LogP contribution in [0.25, 0.3) is 0 Å². The molecular formula is C63H104FN7. The Morgan fingerprint density at radius 1 is 0.268 bits per heavy atom. The Morgan fingerprint density at radius 3 is 0.592 bits per heavy atom. The average molecular weight is 979 g/mol. The van der Waals surface area contributed by atoms with Gasteiger partial charge in [-0.1, -0.05) is 55.4 Å². The Hall–Kier alpha value is -5.11. The molecule has 0 atom stereocenters. The molecule has 398 valence electrons. The van der Waals surface area contributed by atoms with E-state index in [1.54, 1.807) is 0 Å². The molecule has 0 spiro atoms. The smallest absolute Gasteiger partial charge is 0.144 e. The summed E-state index contributed by atoms with van der Waals surface area (Å²) in [5, 5.41) is 0. The van der Waals surface area contributed by atoms with E-state index in [2.05, 4.69) is 266 Å². The quantitative estimate of drug-likeness (QED) is 0.168. The number of halogens is 1. The van der Waals surface area contributed by atoms with E-state index in [1.165, 1.54) is 107 Å². The van der Waals surface area contributed by atoms with E-state index in [0.717, 1.165) is 11.3 Å². The van der Waals surface area contributed by atoms with Crippen molar-refractivity contribution in [3.8, 4) is 0 Å². The minimum atomic E-state index is -0.101. The van der Waals surface area contributed by atoms with E-state index < -0.39 is 0 Å². The summed E-state index contributed by atoms with van der Waals surface area (Å²) in [7, 11) is 14.4. The Labute approximate surface area is 435 Å². The lowest BCUT2D eigenvalue weighted by Crippen LogP contribution is -1.98. The summed E-state index contributed by atoms with van der Waals surface area (Å²) in [6.45, 7) is 51.8. The first kappa shape index (κ1) is 63.9. The molecule has 0 aliphatic rings. The predicted molar refractivity (Wildman–Crippen MR) is 310 cm³/mol. The van der Waals surface area contributed by atoms with Gasteiger partial charge in [0.15, 0.2) is 0 Å². The van der Waals surface area contributed by atoms with Crippen LogP contribution in [0.3, 0.4) is 0 Å². The highest BCUT2D eigenvalue weighted by atomic mass is 19.1. The minimum absolute atomic E-state index is 0.101. The predicted octanol–water partition coefficient (Wildman–Crippen LogP) is 16.7. The van der Waals surface area contributed by atoms with Gasteiger partial charge >= 0.3 is 0 Å². The van der Waals surface area contributed by atoms with Crippen molar-refractivity contribution in [1.29, 1.82) is 0 Å². The highest BCUT2D eigenvalue weighted by molar-refractivity contribution is 5.34. The zero-order chi connectivity index (χ0) is 55.4. The summed E-state index contributed by atoms with van der Waals surface area (Å²) >= 11 is 0. The molecule has 0 amide bonds. The number of hydrogen-bond donors (Lipinski definition) is 0. The molecule has 0 aliphatic carbocycles. The van der Waals surface area contributed by atoms with Gasteiger partial charge in [-0.3, -0.25) is 0 Å². The molecule has 0 fully saturated rings. The zero-order valence-corrected chi connectivity index (χ0v) is 51.4. The zero-order valence-electron chi connectivity index (χ0n) is 51.4. The lowest BCUT2D eigenvalue weighted by molar-refractivity contribution is 0.617. The molecule has 7 aromatic rings. The SMILES string of the molecule is Cc1c(C(C)C)cn(C)c1C.Cc1c(C(C)C)cn(C)c1C.Cc1c(F)cn(C)c1C(C)C.Cc1cn(C)c(C(C)C)c1C.Cc1cn(C)c(C)c1C.Cc1cn(C)c(C)c1C.Cc1cn(C)c(C)c1C. The summed E-state index contributed by atoms with van der Waals surface area (Å²) in [6.07, 6.45) is 14.7. The largest absolute Gasteiger partial charge is 0.354 e. The first-order valence-corrected chi connectivity index (χ1v) is 26.0. The van der Waals surface area contributed by atoms with Crippen LogP contribution in [0.5, 0.6) is 0 Å². The maximum absolute atomic E-state index is 12.9. The molecule has 0 unspecified atom stereocenters. The molecular weight excluding hydrogens is 874 g/mol. The van der Waals surface area contributed by atoms with E-state index in [0.29, 0.717) is 23.7 Å². The maximum atomic E-state index is 12.9. The van der Waals surface area contributed by atoms with Gasteiger partial charge in [0.2, 0.25) is 0 Å². The molecule has 71 heavy (non-hydrogen) atoms. The molecule has 0 aliphatic heterocycles. The molecule has 0 N–H and O–H groups in total. The van der Waals surface area contributed by atoms with E-state index in [9.17, 15) is 4.39 Å². The third-order valence-corrected chi connectivity index (χ3v) is 15.3. The van der Waals surface area contributed by atoms with E-state index in [-0.39, 0.29) is 5.82 Å². The van der Waals surface area contributed by atoms with Crippen molar-refractivity contribution < 1.29 is 4.39 Å². The first-order chi connectivity index (χ1) is 32.5. The third kappa shape index (κ3) is 17.0. The molecule has 7 nitrogen and oxygen atoms in total. The Morgan fingerprint density at radius 2 is 0.493 bits per heavy atom. The summed E-state index contributed by atoms with van der Waals surface area (Å²) in [5.74, 6) is 2.22. The number of hydrogen-bond acceptors (Lipinski definition) is 0. The van der Waals surface area contributed by atoms with Crippen LogP contribution in [0.15, 0.2) is 43.4 Å². The molecule has 0 bridgehead atoms. The molecule has 7 heterocycles. The van der Waals surface area contributed by atoms with Gasteiger partial charge < -0.3 is 32.0 Å². The fraction of sp³-hybridized carbons (Fsp3) is 0.556. The van der Waals surface area contributed by atoms with Crippen molar-refractivity contribution in [2.24, 2.45) is 49.3 Å². The van der Waals surface area contributed by atoms with Gasteiger partial charge in [-0.25, -0.2) is 4.39 Å². The van der Waals surface area contributed by atoms with Gasteiger partial charge in [-0.05, 0) is 201 Å². The first-order valence-electron chi connectivity index (χ1n) is 26.0. The molecule has 0 saturated carbocycles. The van der Waals surface area contributed by atoms with Gasteiger partial charge in [0.05, 0.1) is 0 Å². The normalized spacial score (nSPS) is 10.8. The van der Waals surface area contributed by atoms with Crippen molar-refractivity contribution in [1.82, 2.24) is 32.0 Å². The molecule has 0 aromatic carbocycles. The van der Waals surface area contributed by atoms with Crippen molar-refractivity contribution in [3.05, 3.63) is 161 Å². The summed E-state index contributed by atoms with van der Waals surface area (Å²) < 4.78 is 27.9. The average Bonchev–Trinajstić information content (AvgIpc) is 4.06. The molecule has 0 radical (unpaired) electrons. The van der Waals surface area contributed by atoms with Gasteiger partial charge in [-0.2, -0.15) is 0 Å². The van der Waals surface area contributed by atoms with Crippen LogP contribution in [0.1, 0.15) is 191 Å². The summed E-state index contributed by atoms with van der Waals surface area (Å²) in [5.41, 5.74) is 27.3. The highest BCUT2D eigenvalue weighted by Crippen LogP contribution is 2.25. The number of aryl methyl sites for hydroxylation is 11. The second-order valence-corrected chi connectivity index (χ2v) is 21.9. The minimum Gasteiger partial charge on any atom is -0.354 e. The van der Waals surface area contributed by atoms with Crippen LogP contribution in [0, 0.1) is 117 Å². The molecule has 0 saturated heterocycles. The van der Waals surface area contributed by atoms with Crippen LogP contribution in [0.4, 0.5) is 4.39 Å². The lowest BCUT2D eigenvalue weighted by Gasteiger charge is -2.08. The van der Waals surface area contributed by atoms with Crippen molar-refractivity contribution in [2.45, 2.75) is 190 Å². The van der Waals surface area contributed by atoms with Gasteiger partial charge in [0.1, 0.15) is 5.82 Å². The van der Waals surface area contributed by atoms with Crippen LogP contribution in [-0.4, -0.2) is 32.0 Å². The van der Waals surface area contributed by atoms with E-state index in [4.69, 9.17) is 0 Å². The molecule has 8 heteroatoms. The number of aromatic nitrogens is 7. The fourth-order valence-electron chi connectivity index (χ4n) is 9.34. The summed E-state index contributed by atoms with van der Waals surface area (Å²) in [6, 6.07) is 0. The lowest BCUT2D eigenvalue weighted by atomic mass is 10.0. The highest BCUT2D eigenvalue weighted by Gasteiger charge is 2.13. The second-order valence-electron chi connectivity index (χ2n) is 21.9. The Bertz CT molecular complexity index is 2450. The van der Waals surface area contributed by atoms with Crippen LogP contribution in [0.2, 0.25) is 0 Å². The van der Waals surface area contributed by atoms with Gasteiger partial charge in [-0.15, -0.1) is 0 Å². The van der Waals surface area contributed by atoms with Crippen LogP contribution < -0.4 is 0 Å². The van der Waals surface area contributed by atoms with Crippen molar-refractivity contribution in [3.63, 3.8) is 0 Å². The molecule has 7 aromatic heterocycles. The Kier molecular flexibility index (Phi) is 24.9. The third-order valence-electron chi connectivity index (χ3n) is 15.3. The van der Waals surface area contributed by atoms with E-state index in [1.807, 2.05) is 18.5 Å². The molecule has 7 rings (SSSR count). The van der Waals surface area contributed by atoms with Crippen molar-refractivity contribution >= 4 is 0 Å². The second kappa shape index (κ2) is 27.6. The van der Waals surface area contributed by atoms with Gasteiger partial charge in [0, 0.05) is 138 Å². The van der Waals surface area contributed by atoms with E-state index >= 15 is 0 Å². The fourth-order valence-corrected chi connectivity index (χ4v) is 9.34. The Balaban J connectivity index is 0.000000415. The maximum Gasteiger partial charge on any atom is 0.144 e. The van der Waals surface area contributed by atoms with Gasteiger partial charge in [0.25, 0.3) is 0 Å². The monoisotopic (exact) mass is 978 g/mol. The number of rotatable bonds is 4. The van der Waals surface area contributed by atoms with Crippen LogP contribution >= 0.6 is 0 Å². The van der Waals surface area contributed by atoms with Crippen molar-refractivity contribution in [2.75, 3.05) is 0 Å². The number of nitrogens with zero attached hydrogens (tertiary/aromatic N) is 7.